The fourth-order valence-electron chi connectivity index (χ4n) is 6.49. The minimum atomic E-state index is -0.393. The summed E-state index contributed by atoms with van der Waals surface area (Å²) >= 11 is 0. The van der Waals surface area contributed by atoms with E-state index in [4.69, 9.17) is 9.47 Å². The van der Waals surface area contributed by atoms with Gasteiger partial charge in [0.05, 0.1) is 47.8 Å². The van der Waals surface area contributed by atoms with Crippen LogP contribution in [0.25, 0.3) is 11.0 Å². The Morgan fingerprint density at radius 1 is 0.650 bits per heavy atom. The van der Waals surface area contributed by atoms with Gasteiger partial charge in [0.15, 0.2) is 0 Å². The molecule has 0 aliphatic heterocycles. The summed E-state index contributed by atoms with van der Waals surface area (Å²) < 4.78 is 13.9. The minimum absolute atomic E-state index is 0.0859. The molecule has 16 heteroatoms. The molecule has 8 rings (SSSR count). The number of carbonyl (C=O) groups excluding carboxylic acids is 4. The molecule has 2 amide bonds. The number of amides is 2. The van der Waals surface area contributed by atoms with E-state index in [9.17, 15) is 19.2 Å². The molecule has 1 aliphatic carbocycles. The first kappa shape index (κ1) is 40.6. The monoisotopic (exact) mass is 808 g/mol. The highest BCUT2D eigenvalue weighted by molar-refractivity contribution is 6.05. The van der Waals surface area contributed by atoms with Gasteiger partial charge in [-0.15, -0.1) is 10.2 Å². The molecule has 7 aromatic rings. The second kappa shape index (κ2) is 17.9. The summed E-state index contributed by atoms with van der Waals surface area (Å²) in [5, 5.41) is 28.7. The van der Waals surface area contributed by atoms with Crippen molar-refractivity contribution < 1.29 is 28.7 Å². The van der Waals surface area contributed by atoms with Crippen LogP contribution in [0.15, 0.2) is 97.3 Å². The molecule has 0 atom stereocenters. The van der Waals surface area contributed by atoms with Crippen LogP contribution in [0.3, 0.4) is 0 Å². The Labute approximate surface area is 345 Å². The molecule has 4 N–H and O–H groups in total. The van der Waals surface area contributed by atoms with E-state index in [1.165, 1.54) is 0 Å². The van der Waals surface area contributed by atoms with Crippen molar-refractivity contribution in [1.82, 2.24) is 34.5 Å². The van der Waals surface area contributed by atoms with E-state index in [2.05, 4.69) is 41.7 Å². The lowest BCUT2D eigenvalue weighted by molar-refractivity contribution is 0.0516. The number of benzene rings is 3. The Hall–Kier alpha value is -7.62. The molecule has 60 heavy (non-hydrogen) atoms. The Balaban J connectivity index is 0.000000183. The van der Waals surface area contributed by atoms with Crippen molar-refractivity contribution in [2.75, 3.05) is 29.2 Å². The summed E-state index contributed by atoms with van der Waals surface area (Å²) in [4.78, 5) is 49.5. The SMILES string of the molecule is CCOC(=O)c1cc2cnnc(Nc3cc(C(=O)Nc4ccccc4)ccc3C)n2c1C.CCOC(=O)c1cc2cnnc(Nc3cccc(C(=O)NC4CC4)c3)n2c1C. The number of fused-ring (bicyclic) bond motifs is 2. The average Bonchev–Trinajstić information content (AvgIpc) is 3.90. The van der Waals surface area contributed by atoms with Crippen molar-refractivity contribution in [3.8, 4) is 0 Å². The lowest BCUT2D eigenvalue weighted by atomic mass is 10.1. The van der Waals surface area contributed by atoms with Crippen LogP contribution in [0, 0.1) is 20.8 Å². The zero-order valence-electron chi connectivity index (χ0n) is 33.8. The molecular weight excluding hydrogens is 765 g/mol. The molecule has 1 aliphatic rings. The maximum atomic E-state index is 12.7. The first-order chi connectivity index (χ1) is 29.0. The molecule has 1 saturated carbocycles. The predicted molar refractivity (Wildman–Crippen MR) is 226 cm³/mol. The lowest BCUT2D eigenvalue weighted by Gasteiger charge is -2.13. The number of anilines is 5. The third-order valence-corrected chi connectivity index (χ3v) is 9.72. The number of aryl methyl sites for hydroxylation is 3. The van der Waals surface area contributed by atoms with E-state index < -0.39 is 5.97 Å². The number of rotatable bonds is 12. The third kappa shape index (κ3) is 9.07. The molecule has 4 aromatic heterocycles. The van der Waals surface area contributed by atoms with Crippen molar-refractivity contribution in [2.24, 2.45) is 0 Å². The van der Waals surface area contributed by atoms with Gasteiger partial charge in [-0.05, 0) is 108 Å². The summed E-state index contributed by atoms with van der Waals surface area (Å²) in [5.74, 6) is -0.198. The number of nitrogens with zero attached hydrogens (tertiary/aromatic N) is 6. The molecule has 0 bridgehead atoms. The summed E-state index contributed by atoms with van der Waals surface area (Å²) in [6.45, 7) is 9.72. The highest BCUT2D eigenvalue weighted by Gasteiger charge is 2.24. The zero-order valence-corrected chi connectivity index (χ0v) is 33.8. The third-order valence-electron chi connectivity index (χ3n) is 9.72. The molecule has 306 valence electrons. The molecule has 3 aromatic carbocycles. The highest BCUT2D eigenvalue weighted by Crippen LogP contribution is 2.27. The number of esters is 2. The topological polar surface area (TPSA) is 195 Å². The first-order valence-corrected chi connectivity index (χ1v) is 19.5. The fourth-order valence-corrected chi connectivity index (χ4v) is 6.49. The van der Waals surface area contributed by atoms with Gasteiger partial charge in [-0.1, -0.05) is 30.3 Å². The van der Waals surface area contributed by atoms with Gasteiger partial charge >= 0.3 is 11.9 Å². The van der Waals surface area contributed by atoms with Crippen molar-refractivity contribution in [3.63, 3.8) is 0 Å². The molecule has 0 radical (unpaired) electrons. The summed E-state index contributed by atoms with van der Waals surface area (Å²) in [6, 6.07) is 25.6. The zero-order chi connectivity index (χ0) is 42.3. The summed E-state index contributed by atoms with van der Waals surface area (Å²) in [7, 11) is 0. The van der Waals surface area contributed by atoms with Gasteiger partial charge in [0.25, 0.3) is 11.8 Å². The molecule has 0 spiro atoms. The van der Waals surface area contributed by atoms with E-state index in [1.807, 2.05) is 69.3 Å². The van der Waals surface area contributed by atoms with Crippen LogP contribution in [0.4, 0.5) is 29.0 Å². The normalized spacial score (nSPS) is 11.9. The van der Waals surface area contributed by atoms with E-state index in [0.29, 0.717) is 81.7 Å². The first-order valence-electron chi connectivity index (χ1n) is 19.5. The average molecular weight is 809 g/mol. The molecule has 4 heterocycles. The number of para-hydroxylation sites is 1. The molecular formula is C44H44N10O6. The van der Waals surface area contributed by atoms with Gasteiger partial charge in [-0.3, -0.25) is 18.4 Å². The molecule has 0 saturated heterocycles. The van der Waals surface area contributed by atoms with Crippen LogP contribution in [0.5, 0.6) is 0 Å². The van der Waals surface area contributed by atoms with E-state index >= 15 is 0 Å². The summed E-state index contributed by atoms with van der Waals surface area (Å²) in [6.07, 6.45) is 5.24. The number of carbonyl (C=O) groups is 4. The quantitative estimate of drug-likeness (QED) is 0.0897. The standard InChI is InChI=1S/C24H23N5O3.C20H21N5O3/c1-4-32-23(31)20-13-19-14-25-28-24(29(19)16(20)3)27-21-12-17(11-10-15(21)2)22(30)26-18-8-6-5-7-9-18;1-3-28-19(27)17-10-16-11-21-24-20(25(16)12(17)2)23-15-6-4-5-13(9-15)18(26)22-14-7-8-14/h5-14H,4H2,1-3H3,(H,26,30)(H,27,28);4-6,9-11,14H,3,7-8H2,1-2H3,(H,22,26)(H,23,24). The van der Waals surface area contributed by atoms with Gasteiger partial charge in [0.1, 0.15) is 0 Å². The van der Waals surface area contributed by atoms with Crippen LogP contribution in [-0.4, -0.2) is 72.2 Å². The number of hydrogen-bond acceptors (Lipinski definition) is 12. The van der Waals surface area contributed by atoms with Crippen LogP contribution >= 0.6 is 0 Å². The van der Waals surface area contributed by atoms with Crippen LogP contribution in [0.2, 0.25) is 0 Å². The smallest absolute Gasteiger partial charge is 0.339 e. The van der Waals surface area contributed by atoms with E-state index in [-0.39, 0.29) is 17.8 Å². The largest absolute Gasteiger partial charge is 0.462 e. The van der Waals surface area contributed by atoms with Crippen LogP contribution in [0.1, 0.15) is 85.1 Å². The Bertz CT molecular complexity index is 2720. The Morgan fingerprint density at radius 3 is 1.80 bits per heavy atom. The van der Waals surface area contributed by atoms with Gasteiger partial charge in [0.2, 0.25) is 11.9 Å². The lowest BCUT2D eigenvalue weighted by Crippen LogP contribution is -2.25. The number of nitrogens with one attached hydrogen (secondary N) is 4. The minimum Gasteiger partial charge on any atom is -0.462 e. The molecule has 0 unspecified atom stereocenters. The van der Waals surface area contributed by atoms with Gasteiger partial charge in [-0.25, -0.2) is 9.59 Å². The maximum absolute atomic E-state index is 12.7. The van der Waals surface area contributed by atoms with Gasteiger partial charge < -0.3 is 30.7 Å². The predicted octanol–water partition coefficient (Wildman–Crippen LogP) is 7.37. The van der Waals surface area contributed by atoms with Crippen LogP contribution < -0.4 is 21.3 Å². The maximum Gasteiger partial charge on any atom is 0.339 e. The van der Waals surface area contributed by atoms with Gasteiger partial charge in [-0.2, -0.15) is 10.2 Å². The van der Waals surface area contributed by atoms with E-state index in [1.54, 1.807) is 71.4 Å². The van der Waals surface area contributed by atoms with Crippen molar-refractivity contribution >= 4 is 63.7 Å². The number of aromatic nitrogens is 6. The Kier molecular flexibility index (Phi) is 12.1. The number of ether oxygens (including phenoxy) is 2. The van der Waals surface area contributed by atoms with Gasteiger partial charge in [0, 0.05) is 45.6 Å². The van der Waals surface area contributed by atoms with E-state index in [0.717, 1.165) is 29.6 Å². The molecule has 16 nitrogen and oxygen atoms in total. The fraction of sp³-hybridized carbons (Fsp3) is 0.227. The highest BCUT2D eigenvalue weighted by atomic mass is 16.5. The summed E-state index contributed by atoms with van der Waals surface area (Å²) in [5.41, 5.74) is 7.88. The van der Waals surface area contributed by atoms with Crippen molar-refractivity contribution in [2.45, 2.75) is 53.5 Å². The molecule has 1 fully saturated rings. The second-order valence-corrected chi connectivity index (χ2v) is 14.0. The number of hydrogen-bond donors (Lipinski definition) is 4. The van der Waals surface area contributed by atoms with Crippen molar-refractivity contribution in [1.29, 1.82) is 0 Å². The van der Waals surface area contributed by atoms with Crippen LogP contribution in [-0.2, 0) is 9.47 Å². The van der Waals surface area contributed by atoms with Crippen molar-refractivity contribution in [3.05, 3.63) is 137 Å². The Morgan fingerprint density at radius 2 is 1.22 bits per heavy atom. The second-order valence-electron chi connectivity index (χ2n) is 14.0.